The molecular weight excluding hydrogens is 614 g/mol. The van der Waals surface area contributed by atoms with E-state index >= 15 is 0 Å². The fourth-order valence-corrected chi connectivity index (χ4v) is 5.97. The van der Waals surface area contributed by atoms with Crippen LogP contribution in [-0.2, 0) is 26.1 Å². The number of aryl methyl sites for hydroxylation is 2. The molecule has 0 N–H and O–H groups in total. The van der Waals surface area contributed by atoms with Gasteiger partial charge >= 0.3 is 0 Å². The lowest BCUT2D eigenvalue weighted by Crippen LogP contribution is -2.04. The Labute approximate surface area is 242 Å². The van der Waals surface area contributed by atoms with Gasteiger partial charge in [0.25, 0.3) is 0 Å². The molecule has 4 aromatic heterocycles. The summed E-state index contributed by atoms with van der Waals surface area (Å²) < 4.78 is 15.0. The first-order chi connectivity index (χ1) is 18.4. The number of hydrogen-bond donors (Lipinski definition) is 0. The lowest BCUT2D eigenvalue weighted by atomic mass is 10.3. The number of halogens is 4. The average molecular weight is 628 g/mol. The van der Waals surface area contributed by atoms with Crippen LogP contribution in [0.4, 0.5) is 0 Å². The van der Waals surface area contributed by atoms with E-state index in [1.54, 1.807) is 45.4 Å². The first kappa shape index (κ1) is 25.5. The average Bonchev–Trinajstić information content (AvgIpc) is 3.64. The van der Waals surface area contributed by atoms with Crippen molar-refractivity contribution in [1.82, 2.24) is 39.6 Å². The van der Waals surface area contributed by atoms with Crippen molar-refractivity contribution in [2.75, 3.05) is 0 Å². The van der Waals surface area contributed by atoms with Crippen molar-refractivity contribution >= 4 is 79.0 Å². The van der Waals surface area contributed by atoms with Crippen LogP contribution in [0, 0.1) is 0 Å². The number of benzene rings is 2. The summed E-state index contributed by atoms with van der Waals surface area (Å²) in [6.45, 7) is 0.481. The summed E-state index contributed by atoms with van der Waals surface area (Å²) >= 11 is 27.0. The molecule has 16 heteroatoms. The summed E-state index contributed by atoms with van der Waals surface area (Å²) in [6.07, 6.45) is 1.08. The van der Waals surface area contributed by atoms with Gasteiger partial charge in [0.1, 0.15) is 24.7 Å². The highest BCUT2D eigenvalue weighted by molar-refractivity contribution is 7.16. The topological polar surface area (TPSA) is 105 Å². The van der Waals surface area contributed by atoms with Crippen LogP contribution >= 0.6 is 69.1 Å². The van der Waals surface area contributed by atoms with E-state index in [4.69, 9.17) is 55.9 Å². The monoisotopic (exact) mass is 626 g/mol. The second kappa shape index (κ2) is 10.8. The lowest BCUT2D eigenvalue weighted by molar-refractivity contribution is 0.304. The van der Waals surface area contributed by atoms with E-state index in [9.17, 15) is 0 Å². The van der Waals surface area contributed by atoms with Gasteiger partial charge in [0, 0.05) is 22.9 Å². The molecule has 0 aliphatic carbocycles. The van der Waals surface area contributed by atoms with E-state index in [1.165, 1.54) is 22.7 Å². The molecule has 38 heavy (non-hydrogen) atoms. The minimum absolute atomic E-state index is 0.241. The van der Waals surface area contributed by atoms with Gasteiger partial charge in [-0.05, 0) is 36.4 Å². The highest BCUT2D eigenvalue weighted by atomic mass is 35.5. The summed E-state index contributed by atoms with van der Waals surface area (Å²) in [6, 6.07) is 10.1. The molecule has 0 saturated heterocycles. The first-order valence-corrected chi connectivity index (χ1v) is 14.1. The molecule has 0 fully saturated rings. The van der Waals surface area contributed by atoms with Gasteiger partial charge < -0.3 is 9.47 Å². The van der Waals surface area contributed by atoms with Crippen LogP contribution in [0.2, 0.25) is 20.1 Å². The third-order valence-electron chi connectivity index (χ3n) is 5.26. The quantitative estimate of drug-likeness (QED) is 0.185. The van der Waals surface area contributed by atoms with Crippen LogP contribution in [-0.4, -0.2) is 39.6 Å². The number of nitrogens with zero attached hydrogens (tertiary/aromatic N) is 8. The van der Waals surface area contributed by atoms with Gasteiger partial charge in [0.15, 0.2) is 21.7 Å². The maximum absolute atomic E-state index is 6.18. The zero-order valence-electron chi connectivity index (χ0n) is 19.0. The highest BCUT2D eigenvalue weighted by Crippen LogP contribution is 2.30. The third kappa shape index (κ3) is 5.37. The van der Waals surface area contributed by atoms with Crippen LogP contribution < -0.4 is 9.47 Å². The molecule has 0 amide bonds. The van der Waals surface area contributed by atoms with Crippen molar-refractivity contribution in [3.05, 3.63) is 78.2 Å². The molecule has 0 unspecified atom stereocenters. The Balaban J connectivity index is 1.11. The molecule has 6 rings (SSSR count). The van der Waals surface area contributed by atoms with Gasteiger partial charge in [-0.1, -0.05) is 69.1 Å². The van der Waals surface area contributed by atoms with Gasteiger partial charge in [-0.2, -0.15) is 19.2 Å². The molecule has 10 nitrogen and oxygen atoms in total. The van der Waals surface area contributed by atoms with E-state index in [0.717, 1.165) is 10.0 Å². The zero-order chi connectivity index (χ0) is 26.2. The Morgan fingerprint density at radius 3 is 1.50 bits per heavy atom. The van der Waals surface area contributed by atoms with Crippen molar-refractivity contribution < 1.29 is 9.47 Å². The Morgan fingerprint density at radius 2 is 1.08 bits per heavy atom. The van der Waals surface area contributed by atoms with Crippen LogP contribution in [0.25, 0.3) is 9.92 Å². The molecule has 194 valence electrons. The Kier molecular flexibility index (Phi) is 7.25. The number of hydrogen-bond acceptors (Lipinski definition) is 10. The predicted octanol–water partition coefficient (Wildman–Crippen LogP) is 6.24. The number of ether oxygens (including phenoxy) is 2. The molecule has 0 radical (unpaired) electrons. The summed E-state index contributed by atoms with van der Waals surface area (Å²) in [5.41, 5.74) is 0. The number of rotatable bonds is 9. The van der Waals surface area contributed by atoms with E-state index in [0.29, 0.717) is 66.0 Å². The minimum atomic E-state index is 0.241. The second-order valence-electron chi connectivity index (χ2n) is 7.84. The van der Waals surface area contributed by atoms with E-state index in [-0.39, 0.29) is 13.2 Å². The standard InChI is InChI=1S/C22H14Cl4N8O2S2/c23-11-1-3-15(13(25)7-11)35-9-19-31-33-17(27-29-21(33)37-19)5-6-18-28-30-22-34(18)32-20(38-22)10-36-16-4-2-12(24)8-14(16)26/h1-4,7-8H,5-6,9-10H2. The van der Waals surface area contributed by atoms with Crippen LogP contribution in [0.15, 0.2) is 36.4 Å². The van der Waals surface area contributed by atoms with Crippen LogP contribution in [0.1, 0.15) is 21.7 Å². The molecule has 6 aromatic rings. The second-order valence-corrected chi connectivity index (χ2v) is 11.6. The summed E-state index contributed by atoms with van der Waals surface area (Å²) in [7, 11) is 0. The number of aromatic nitrogens is 8. The Hall–Kier alpha value is -2.74. The van der Waals surface area contributed by atoms with Gasteiger partial charge in [0.2, 0.25) is 9.92 Å². The summed E-state index contributed by atoms with van der Waals surface area (Å²) in [4.78, 5) is 1.34. The van der Waals surface area contributed by atoms with Gasteiger partial charge in [0.05, 0.1) is 10.0 Å². The molecule has 0 saturated carbocycles. The van der Waals surface area contributed by atoms with Gasteiger partial charge in [-0.3, -0.25) is 0 Å². The Bertz CT molecular complexity index is 1640. The largest absolute Gasteiger partial charge is 0.485 e. The predicted molar refractivity (Wildman–Crippen MR) is 146 cm³/mol. The molecule has 0 spiro atoms. The summed E-state index contributed by atoms with van der Waals surface area (Å²) in [5, 5.41) is 29.6. The molecule has 4 heterocycles. The van der Waals surface area contributed by atoms with Crippen molar-refractivity contribution in [3.8, 4) is 11.5 Å². The third-order valence-corrected chi connectivity index (χ3v) is 8.06. The molecule has 0 atom stereocenters. The van der Waals surface area contributed by atoms with E-state index in [2.05, 4.69) is 30.6 Å². The minimum Gasteiger partial charge on any atom is -0.485 e. The Morgan fingerprint density at radius 1 is 0.632 bits per heavy atom. The van der Waals surface area contributed by atoms with Gasteiger partial charge in [-0.15, -0.1) is 20.4 Å². The maximum atomic E-state index is 6.18. The lowest BCUT2D eigenvalue weighted by Gasteiger charge is -2.06. The SMILES string of the molecule is Clc1ccc(OCc2nn3c(CCc4nnc5sc(COc6ccc(Cl)cc6Cl)nn45)nnc3s2)c(Cl)c1. The fraction of sp³-hybridized carbons (Fsp3) is 0.182. The normalized spacial score (nSPS) is 11.6. The smallest absolute Gasteiger partial charge is 0.234 e. The van der Waals surface area contributed by atoms with Crippen molar-refractivity contribution in [2.45, 2.75) is 26.1 Å². The van der Waals surface area contributed by atoms with Crippen molar-refractivity contribution in [2.24, 2.45) is 0 Å². The highest BCUT2D eigenvalue weighted by Gasteiger charge is 2.17. The van der Waals surface area contributed by atoms with Crippen molar-refractivity contribution in [1.29, 1.82) is 0 Å². The van der Waals surface area contributed by atoms with Crippen LogP contribution in [0.3, 0.4) is 0 Å². The van der Waals surface area contributed by atoms with Gasteiger partial charge in [-0.25, -0.2) is 0 Å². The molecule has 0 aliphatic rings. The molecule has 0 aliphatic heterocycles. The van der Waals surface area contributed by atoms with Crippen LogP contribution in [0.5, 0.6) is 11.5 Å². The molecular formula is C22H14Cl4N8O2S2. The van der Waals surface area contributed by atoms with E-state index < -0.39 is 0 Å². The van der Waals surface area contributed by atoms with Crippen molar-refractivity contribution in [3.63, 3.8) is 0 Å². The number of fused-ring (bicyclic) bond motifs is 2. The fourth-order valence-electron chi connectivity index (χ4n) is 3.51. The maximum Gasteiger partial charge on any atom is 0.234 e. The zero-order valence-corrected chi connectivity index (χ0v) is 23.7. The van der Waals surface area contributed by atoms with E-state index in [1.807, 2.05) is 0 Å². The first-order valence-electron chi connectivity index (χ1n) is 11.0. The molecule has 2 aromatic carbocycles. The molecule has 0 bridgehead atoms. The summed E-state index contributed by atoms with van der Waals surface area (Å²) in [5.74, 6) is 2.45.